The molecule has 0 N–H and O–H groups in total. The Kier molecular flexibility index (Phi) is 15.5. The van der Waals surface area contributed by atoms with E-state index in [-0.39, 0.29) is 42.6 Å². The second-order valence-electron chi connectivity index (χ2n) is 19.4. The van der Waals surface area contributed by atoms with Gasteiger partial charge in [-0.3, -0.25) is 4.39 Å². The maximum absolute atomic E-state index is 13.8. The number of alkyl halides is 1. The Morgan fingerprint density at radius 2 is 0.575 bits per heavy atom. The van der Waals surface area contributed by atoms with Gasteiger partial charge in [-0.1, -0.05) is 231 Å². The summed E-state index contributed by atoms with van der Waals surface area (Å²) in [7, 11) is -1.00. The Morgan fingerprint density at radius 1 is 0.312 bits per heavy atom. The summed E-state index contributed by atoms with van der Waals surface area (Å²) in [5.74, 6) is -0.559. The Labute approximate surface area is 489 Å². The predicted molar refractivity (Wildman–Crippen MR) is 326 cm³/mol. The fourth-order valence-electron chi connectivity index (χ4n) is 11.4. The van der Waals surface area contributed by atoms with Gasteiger partial charge in [0.05, 0.1) is 42.0 Å². The van der Waals surface area contributed by atoms with Crippen molar-refractivity contribution >= 4 is 43.6 Å². The third-order valence-corrected chi connectivity index (χ3v) is 14.9. The molecule has 0 fully saturated rings. The molecular formula is C74H54F3N2Na. The van der Waals surface area contributed by atoms with Crippen molar-refractivity contribution < 1.29 is 45.5 Å². The van der Waals surface area contributed by atoms with E-state index in [4.69, 9.17) is 1.37 Å². The Morgan fingerprint density at radius 3 is 0.925 bits per heavy atom. The van der Waals surface area contributed by atoms with Gasteiger partial charge in [-0.15, -0.1) is 0 Å². The van der Waals surface area contributed by atoms with Gasteiger partial charge in [0.15, 0.2) is 0 Å². The molecule has 382 valence electrons. The van der Waals surface area contributed by atoms with E-state index in [1.165, 1.54) is 112 Å². The number of nitrogens with zero attached hydrogens (tertiary/aromatic N) is 2. The first-order valence-electron chi connectivity index (χ1n) is 27.1. The number of hydrogen-bond acceptors (Lipinski definition) is 0. The molecule has 15 rings (SSSR count). The smallest absolute Gasteiger partial charge is 1.00 e. The van der Waals surface area contributed by atoms with Crippen LogP contribution in [-0.4, -0.2) is 16.3 Å². The number of halogens is 3. The Balaban J connectivity index is 0.000000163. The topological polar surface area (TPSA) is 9.86 Å². The third kappa shape index (κ3) is 10.2. The van der Waals surface area contributed by atoms with Crippen LogP contribution in [0.5, 0.6) is 0 Å². The molecule has 1 aliphatic rings. The number of rotatable bonds is 6. The molecule has 80 heavy (non-hydrogen) atoms. The Hall–Kier alpha value is -8.97. The van der Waals surface area contributed by atoms with Crippen molar-refractivity contribution in [2.24, 2.45) is 0 Å². The second kappa shape index (κ2) is 24.0. The van der Waals surface area contributed by atoms with Gasteiger partial charge < -0.3 is 10.6 Å². The number of aromatic nitrogens is 2. The minimum absolute atomic E-state index is 0. The average molecular weight is 1050 g/mol. The molecule has 14 aromatic rings. The zero-order valence-electron chi connectivity index (χ0n) is 46.2. The molecule has 0 aliphatic heterocycles. The van der Waals surface area contributed by atoms with E-state index in [1.54, 1.807) is 42.5 Å². The van der Waals surface area contributed by atoms with Crippen LogP contribution in [0.3, 0.4) is 0 Å². The maximum Gasteiger partial charge on any atom is 1.00 e. The first-order chi connectivity index (χ1) is 39.5. The van der Waals surface area contributed by atoms with Gasteiger partial charge in [-0.25, -0.2) is 8.78 Å². The van der Waals surface area contributed by atoms with Crippen LogP contribution in [-0.2, 0) is 6.42 Å². The third-order valence-electron chi connectivity index (χ3n) is 14.9. The quantitative estimate of drug-likeness (QED) is 0.147. The van der Waals surface area contributed by atoms with Crippen LogP contribution >= 0.6 is 0 Å². The number of hydrogen-bond donors (Lipinski definition) is 0. The summed E-state index contributed by atoms with van der Waals surface area (Å²) < 4.78 is 48.0. The summed E-state index contributed by atoms with van der Waals surface area (Å²) >= 11 is 0. The zero-order valence-corrected chi connectivity index (χ0v) is 46.2. The van der Waals surface area contributed by atoms with Gasteiger partial charge in [0.1, 0.15) is 11.6 Å². The van der Waals surface area contributed by atoms with Crippen LogP contribution < -0.4 is 29.6 Å². The summed E-state index contributed by atoms with van der Waals surface area (Å²) in [4.78, 5) is 0. The summed E-state index contributed by atoms with van der Waals surface area (Å²) in [6.45, 7) is 0. The largest absolute Gasteiger partial charge is 1.00 e. The SMILES string of the molecule is Fc1ccccc1-c1cccc(-c2ccccc2F)c1.[2H]CF.[H-].[Na+].c1cc(-c2ccccc2-n2c3ccccc3c3ccccc32)cc(-c2ccccc2-n2c3ccccc3c3ccccc32)c1.c1ccc2c(c1)Cc1ccccc1-2. The standard InChI is InChI=1S/C42H28N2.C18H12F2.C13H10.CH3F.Na.H/c1-7-22-37(43-39-24-9-3-18-33(39)34-19-4-10-25-40(34)43)31(16-1)29-14-13-15-30(28-29)32-17-2-8-23-38(32)44-41-26-11-5-20-35(41)36-21-6-12-27-42(36)44;19-17-10-3-1-8-15(17)13-6-5-7-14(12-13)16-9-2-4-11-18(16)20;1-3-7-12-10(5-1)9-11-6-2-4-8-13(11)12;1-2;;/h1-28H;1-12H;1-8H,9H2;1H3;;/q;;;;+1;-1/i;;;1D;;. The van der Waals surface area contributed by atoms with E-state index in [2.05, 4.69) is 228 Å². The fraction of sp³-hybridized carbons (Fsp3) is 0.0270. The molecule has 6 heteroatoms. The van der Waals surface area contributed by atoms with Crippen molar-refractivity contribution in [3.8, 4) is 67.0 Å². The molecule has 1 aliphatic carbocycles. The normalized spacial score (nSPS) is 11.3. The average Bonchev–Trinajstić information content (AvgIpc) is 3.44. The summed E-state index contributed by atoms with van der Waals surface area (Å²) in [5, 5.41) is 5.08. The van der Waals surface area contributed by atoms with Crippen LogP contribution in [0, 0.1) is 11.6 Å². The number of para-hydroxylation sites is 6. The summed E-state index contributed by atoms with van der Waals surface area (Å²) in [6, 6.07) is 99.1. The van der Waals surface area contributed by atoms with Gasteiger partial charge >= 0.3 is 29.6 Å². The van der Waals surface area contributed by atoms with Crippen LogP contribution in [0.4, 0.5) is 13.2 Å². The van der Waals surface area contributed by atoms with Gasteiger partial charge in [0.25, 0.3) is 0 Å². The van der Waals surface area contributed by atoms with Gasteiger partial charge in [0, 0.05) is 43.8 Å². The second-order valence-corrected chi connectivity index (χ2v) is 19.4. The van der Waals surface area contributed by atoms with E-state index >= 15 is 0 Å². The number of fused-ring (bicyclic) bond motifs is 9. The summed E-state index contributed by atoms with van der Waals surface area (Å²) in [5.41, 5.74) is 20.3. The molecule has 12 aromatic carbocycles. The first-order valence-corrected chi connectivity index (χ1v) is 26.4. The van der Waals surface area contributed by atoms with Crippen LogP contribution in [0.1, 0.15) is 13.9 Å². The van der Waals surface area contributed by atoms with Crippen LogP contribution in [0.25, 0.3) is 111 Å². The molecule has 0 bridgehead atoms. The van der Waals surface area contributed by atoms with Gasteiger partial charge in [0.2, 0.25) is 0 Å². The molecular weight excluding hydrogens is 997 g/mol. The van der Waals surface area contributed by atoms with Crippen LogP contribution in [0.15, 0.2) is 291 Å². The fourth-order valence-corrected chi connectivity index (χ4v) is 11.4. The maximum atomic E-state index is 13.8. The van der Waals surface area contributed by atoms with Crippen molar-refractivity contribution in [2.75, 3.05) is 7.15 Å². The zero-order chi connectivity index (χ0) is 54.4. The molecule has 0 spiro atoms. The predicted octanol–water partition coefficient (Wildman–Crippen LogP) is 17.5. The molecule has 0 atom stereocenters. The van der Waals surface area contributed by atoms with Crippen molar-refractivity contribution in [1.29, 1.82) is 0 Å². The van der Waals surface area contributed by atoms with Crippen molar-refractivity contribution in [3.05, 3.63) is 314 Å². The molecule has 2 heterocycles. The molecule has 0 radical (unpaired) electrons. The van der Waals surface area contributed by atoms with E-state index < -0.39 is 7.15 Å². The number of benzene rings is 12. The monoisotopic (exact) mass is 1050 g/mol. The van der Waals surface area contributed by atoms with Gasteiger partial charge in [-0.2, -0.15) is 0 Å². The van der Waals surface area contributed by atoms with Crippen molar-refractivity contribution in [3.63, 3.8) is 0 Å². The molecule has 0 saturated carbocycles. The molecule has 2 aromatic heterocycles. The van der Waals surface area contributed by atoms with E-state index in [1.807, 2.05) is 18.2 Å². The Bertz CT molecular complexity index is 4140. The van der Waals surface area contributed by atoms with Crippen LogP contribution in [0.2, 0.25) is 0 Å². The van der Waals surface area contributed by atoms with E-state index in [0.717, 1.165) is 17.5 Å². The minimum atomic E-state index is -1.00. The molecule has 0 amide bonds. The molecule has 0 saturated heterocycles. The van der Waals surface area contributed by atoms with Crippen molar-refractivity contribution in [1.82, 2.24) is 9.13 Å². The van der Waals surface area contributed by atoms with E-state index in [9.17, 15) is 13.2 Å². The first kappa shape index (κ1) is 51.8. The van der Waals surface area contributed by atoms with Crippen molar-refractivity contribution in [2.45, 2.75) is 6.42 Å². The molecule has 2 nitrogen and oxygen atoms in total. The van der Waals surface area contributed by atoms with Gasteiger partial charge in [-0.05, 0) is 112 Å². The van der Waals surface area contributed by atoms with E-state index in [0.29, 0.717) is 11.1 Å². The molecule has 0 unspecified atom stereocenters. The summed E-state index contributed by atoms with van der Waals surface area (Å²) in [6.07, 6.45) is 1.10. The minimum Gasteiger partial charge on any atom is -1.00 e.